The van der Waals surface area contributed by atoms with E-state index in [1.165, 1.54) is 38.5 Å². The fraction of sp³-hybridized carbons (Fsp3) is 0.500. The smallest absolute Gasteiger partial charge is 0.328 e. The van der Waals surface area contributed by atoms with E-state index >= 15 is 0 Å². The second-order valence-corrected chi connectivity index (χ2v) is 6.84. The van der Waals surface area contributed by atoms with Crippen LogP contribution in [0.1, 0.15) is 51.0 Å². The average molecular weight is 344 g/mol. The van der Waals surface area contributed by atoms with Crippen molar-refractivity contribution in [2.45, 2.75) is 58.0 Å². The minimum atomic E-state index is -1.14. The summed E-state index contributed by atoms with van der Waals surface area (Å²) in [7, 11) is 0. The van der Waals surface area contributed by atoms with Gasteiger partial charge in [-0.05, 0) is 30.9 Å². The molecule has 0 bridgehead atoms. The lowest BCUT2D eigenvalue weighted by Crippen LogP contribution is -2.29. The van der Waals surface area contributed by atoms with Crippen LogP contribution in [0.4, 0.5) is 5.69 Å². The van der Waals surface area contributed by atoms with Crippen molar-refractivity contribution in [3.63, 3.8) is 0 Å². The van der Waals surface area contributed by atoms with Crippen LogP contribution < -0.4 is 10.6 Å². The molecule has 0 unspecified atom stereocenters. The van der Waals surface area contributed by atoms with Crippen LogP contribution in [0.3, 0.4) is 0 Å². The molecule has 1 aromatic carbocycles. The van der Waals surface area contributed by atoms with E-state index < -0.39 is 11.9 Å². The Labute approximate surface area is 149 Å². The summed E-state index contributed by atoms with van der Waals surface area (Å²) in [4.78, 5) is 22.3. The van der Waals surface area contributed by atoms with Crippen LogP contribution in [0, 0.1) is 5.92 Å². The molecule has 1 atom stereocenters. The maximum Gasteiger partial charge on any atom is 0.328 e. The standard InChI is InChI=1S/C20H28N2O3/c1-15(13-16-7-3-2-4-8-16)21-14-17-9-5-6-10-18(17)22-19(23)11-12-20(24)25/h5-6,9-12,15-16,21H,2-4,7-8,13-14H2,1H3,(H,22,23)(H,24,25)/t15-/m0/s1. The lowest BCUT2D eigenvalue weighted by Gasteiger charge is -2.25. The molecule has 25 heavy (non-hydrogen) atoms. The molecule has 0 radical (unpaired) electrons. The summed E-state index contributed by atoms with van der Waals surface area (Å²) in [5, 5.41) is 14.9. The van der Waals surface area contributed by atoms with Crippen molar-refractivity contribution in [2.75, 3.05) is 5.32 Å². The predicted molar refractivity (Wildman–Crippen MR) is 99.3 cm³/mol. The highest BCUT2D eigenvalue weighted by Crippen LogP contribution is 2.27. The molecular formula is C20H28N2O3. The number of anilines is 1. The molecule has 1 aromatic rings. The predicted octanol–water partition coefficient (Wildman–Crippen LogP) is 3.71. The third-order valence-electron chi connectivity index (χ3n) is 4.71. The second-order valence-electron chi connectivity index (χ2n) is 6.84. The highest BCUT2D eigenvalue weighted by atomic mass is 16.4. The van der Waals surface area contributed by atoms with Crippen molar-refractivity contribution in [3.05, 3.63) is 42.0 Å². The molecule has 0 aliphatic heterocycles. The van der Waals surface area contributed by atoms with E-state index in [0.29, 0.717) is 18.3 Å². The first-order chi connectivity index (χ1) is 12.0. The van der Waals surface area contributed by atoms with Crippen LogP contribution in [0.25, 0.3) is 0 Å². The van der Waals surface area contributed by atoms with E-state index in [9.17, 15) is 9.59 Å². The molecule has 0 heterocycles. The molecule has 0 saturated heterocycles. The Morgan fingerprint density at radius 2 is 1.92 bits per heavy atom. The molecule has 5 heteroatoms. The van der Waals surface area contributed by atoms with Gasteiger partial charge in [-0.15, -0.1) is 0 Å². The minimum absolute atomic E-state index is 0.429. The Kier molecular flexibility index (Phi) is 7.67. The number of carbonyl (C=O) groups is 2. The third kappa shape index (κ3) is 7.10. The number of para-hydroxylation sites is 1. The molecule has 0 spiro atoms. The summed E-state index contributed by atoms with van der Waals surface area (Å²) in [6.45, 7) is 2.89. The molecule has 1 saturated carbocycles. The molecule has 136 valence electrons. The summed E-state index contributed by atoms with van der Waals surface area (Å²) in [5.41, 5.74) is 1.70. The SMILES string of the molecule is C[C@@H](CC1CCCCC1)NCc1ccccc1NC(=O)C=CC(=O)O. The monoisotopic (exact) mass is 344 g/mol. The van der Waals surface area contributed by atoms with Gasteiger partial charge in [-0.2, -0.15) is 0 Å². The van der Waals surface area contributed by atoms with Crippen molar-refractivity contribution in [3.8, 4) is 0 Å². The number of carboxylic acid groups (broad SMARTS) is 1. The van der Waals surface area contributed by atoms with Crippen molar-refractivity contribution >= 4 is 17.6 Å². The fourth-order valence-electron chi connectivity index (χ4n) is 3.41. The molecule has 1 amide bonds. The first-order valence-corrected chi connectivity index (χ1v) is 9.08. The third-order valence-corrected chi connectivity index (χ3v) is 4.71. The first-order valence-electron chi connectivity index (χ1n) is 9.08. The summed E-state index contributed by atoms with van der Waals surface area (Å²) in [5.74, 6) is -0.751. The van der Waals surface area contributed by atoms with Crippen LogP contribution >= 0.6 is 0 Å². The van der Waals surface area contributed by atoms with E-state index in [0.717, 1.165) is 23.6 Å². The number of nitrogens with one attached hydrogen (secondary N) is 2. The Bertz CT molecular complexity index is 607. The number of hydrogen-bond donors (Lipinski definition) is 3. The molecule has 1 fully saturated rings. The number of carbonyl (C=O) groups excluding carboxylic acids is 1. The Morgan fingerprint density at radius 3 is 2.64 bits per heavy atom. The topological polar surface area (TPSA) is 78.4 Å². The molecule has 1 aliphatic carbocycles. The Morgan fingerprint density at radius 1 is 1.20 bits per heavy atom. The number of amides is 1. The average Bonchev–Trinajstić information content (AvgIpc) is 2.60. The summed E-state index contributed by atoms with van der Waals surface area (Å²) < 4.78 is 0. The number of benzene rings is 1. The molecule has 0 aromatic heterocycles. The van der Waals surface area contributed by atoms with Crippen LogP contribution in [-0.2, 0) is 16.1 Å². The highest BCUT2D eigenvalue weighted by Gasteiger charge is 2.16. The van der Waals surface area contributed by atoms with E-state index in [1.807, 2.05) is 24.3 Å². The van der Waals surface area contributed by atoms with E-state index in [1.54, 1.807) is 0 Å². The number of hydrogen-bond acceptors (Lipinski definition) is 3. The number of carboxylic acids is 1. The summed E-state index contributed by atoms with van der Waals surface area (Å²) >= 11 is 0. The van der Waals surface area contributed by atoms with Crippen molar-refractivity contribution < 1.29 is 14.7 Å². The Balaban J connectivity index is 1.86. The van der Waals surface area contributed by atoms with E-state index in [2.05, 4.69) is 17.6 Å². The molecular weight excluding hydrogens is 316 g/mol. The quantitative estimate of drug-likeness (QED) is 0.628. The number of aliphatic carboxylic acids is 1. The van der Waals surface area contributed by atoms with Crippen molar-refractivity contribution in [2.24, 2.45) is 5.92 Å². The second kappa shape index (κ2) is 9.99. The maximum absolute atomic E-state index is 11.8. The summed E-state index contributed by atoms with van der Waals surface area (Å²) in [6, 6.07) is 8.02. The van der Waals surface area contributed by atoms with Gasteiger partial charge in [0.25, 0.3) is 0 Å². The zero-order valence-electron chi connectivity index (χ0n) is 14.8. The normalized spacial score (nSPS) is 16.7. The zero-order chi connectivity index (χ0) is 18.1. The molecule has 5 nitrogen and oxygen atoms in total. The van der Waals surface area contributed by atoms with Crippen LogP contribution in [0.2, 0.25) is 0 Å². The minimum Gasteiger partial charge on any atom is -0.478 e. The van der Waals surface area contributed by atoms with Gasteiger partial charge in [-0.25, -0.2) is 4.79 Å². The lowest BCUT2D eigenvalue weighted by atomic mass is 9.85. The molecule has 2 rings (SSSR count). The van der Waals surface area contributed by atoms with Crippen molar-refractivity contribution in [1.29, 1.82) is 0 Å². The maximum atomic E-state index is 11.8. The van der Waals surface area contributed by atoms with Gasteiger partial charge < -0.3 is 15.7 Å². The van der Waals surface area contributed by atoms with E-state index in [-0.39, 0.29) is 0 Å². The van der Waals surface area contributed by atoms with E-state index in [4.69, 9.17) is 5.11 Å². The van der Waals surface area contributed by atoms with Gasteiger partial charge in [0.2, 0.25) is 5.91 Å². The Hall–Kier alpha value is -2.14. The highest BCUT2D eigenvalue weighted by molar-refractivity contribution is 6.02. The van der Waals surface area contributed by atoms with Gasteiger partial charge in [0, 0.05) is 30.4 Å². The number of rotatable bonds is 8. The van der Waals surface area contributed by atoms with Crippen LogP contribution in [0.15, 0.2) is 36.4 Å². The van der Waals surface area contributed by atoms with Gasteiger partial charge in [-0.1, -0.05) is 50.3 Å². The van der Waals surface area contributed by atoms with Gasteiger partial charge in [-0.3, -0.25) is 4.79 Å². The largest absolute Gasteiger partial charge is 0.478 e. The van der Waals surface area contributed by atoms with Gasteiger partial charge >= 0.3 is 5.97 Å². The first kappa shape index (κ1) is 19.2. The zero-order valence-corrected chi connectivity index (χ0v) is 14.8. The molecule has 3 N–H and O–H groups in total. The van der Waals surface area contributed by atoms with Gasteiger partial charge in [0.15, 0.2) is 0 Å². The van der Waals surface area contributed by atoms with Crippen molar-refractivity contribution in [1.82, 2.24) is 5.32 Å². The van der Waals surface area contributed by atoms with Crippen LogP contribution in [-0.4, -0.2) is 23.0 Å². The fourth-order valence-corrected chi connectivity index (χ4v) is 3.41. The van der Waals surface area contributed by atoms with Gasteiger partial charge in [0.1, 0.15) is 0 Å². The summed E-state index contributed by atoms with van der Waals surface area (Å²) in [6.07, 6.45) is 9.83. The van der Waals surface area contributed by atoms with Crippen LogP contribution in [0.5, 0.6) is 0 Å². The lowest BCUT2D eigenvalue weighted by molar-refractivity contribution is -0.131. The van der Waals surface area contributed by atoms with Gasteiger partial charge in [0.05, 0.1) is 0 Å². The molecule has 1 aliphatic rings.